The Bertz CT molecular complexity index is 663. The quantitative estimate of drug-likeness (QED) is 0.823. The average Bonchev–Trinajstić information content (AvgIpc) is 2.87. The van der Waals surface area contributed by atoms with E-state index in [1.54, 1.807) is 10.9 Å². The van der Waals surface area contributed by atoms with E-state index < -0.39 is 10.0 Å². The Morgan fingerprint density at radius 3 is 2.84 bits per heavy atom. The van der Waals surface area contributed by atoms with E-state index >= 15 is 0 Å². The molecule has 6 nitrogen and oxygen atoms in total. The third-order valence-electron chi connectivity index (χ3n) is 2.17. The standard InChI is InChI=1S/C9H10BrClN4O2S2/c10-9-7(11)3-8(18-9)19(16,17)14-1-2-15-5-6(12)4-13-15/h3-5,14H,1-2,12H2. The van der Waals surface area contributed by atoms with Gasteiger partial charge in [-0.25, -0.2) is 13.1 Å². The van der Waals surface area contributed by atoms with Crippen molar-refractivity contribution in [2.75, 3.05) is 12.3 Å². The highest BCUT2D eigenvalue weighted by Crippen LogP contribution is 2.34. The van der Waals surface area contributed by atoms with Crippen LogP contribution in [0.5, 0.6) is 0 Å². The number of sulfonamides is 1. The second-order valence-electron chi connectivity index (χ2n) is 3.62. The Kier molecular flexibility index (Phi) is 4.51. The first kappa shape index (κ1) is 14.8. The summed E-state index contributed by atoms with van der Waals surface area (Å²) >= 11 is 10.1. The molecule has 3 N–H and O–H groups in total. The summed E-state index contributed by atoms with van der Waals surface area (Å²) in [5.41, 5.74) is 6.05. The number of nitrogens with one attached hydrogen (secondary N) is 1. The smallest absolute Gasteiger partial charge is 0.250 e. The van der Waals surface area contributed by atoms with Gasteiger partial charge in [0.15, 0.2) is 0 Å². The Morgan fingerprint density at radius 1 is 1.58 bits per heavy atom. The molecule has 0 amide bonds. The van der Waals surface area contributed by atoms with Crippen LogP contribution in [-0.4, -0.2) is 24.7 Å². The average molecular weight is 386 g/mol. The minimum atomic E-state index is -3.54. The Hall–Kier alpha value is -0.610. The SMILES string of the molecule is Nc1cnn(CCNS(=O)(=O)c2cc(Cl)c(Br)s2)c1. The van der Waals surface area contributed by atoms with Crippen LogP contribution in [0.4, 0.5) is 5.69 Å². The number of hydrogen-bond acceptors (Lipinski definition) is 5. The number of nitrogen functional groups attached to an aromatic ring is 1. The van der Waals surface area contributed by atoms with Crippen LogP contribution in [0.3, 0.4) is 0 Å². The number of halogens is 2. The van der Waals surface area contributed by atoms with E-state index in [4.69, 9.17) is 17.3 Å². The zero-order chi connectivity index (χ0) is 14.0. The maximum absolute atomic E-state index is 12.0. The first-order chi connectivity index (χ1) is 8.88. The highest BCUT2D eigenvalue weighted by atomic mass is 79.9. The second-order valence-corrected chi connectivity index (χ2v) is 8.39. The van der Waals surface area contributed by atoms with Gasteiger partial charge in [0, 0.05) is 12.7 Å². The Labute approximate surface area is 127 Å². The van der Waals surface area contributed by atoms with Crippen LogP contribution < -0.4 is 10.5 Å². The molecule has 0 spiro atoms. The maximum atomic E-state index is 12.0. The highest BCUT2D eigenvalue weighted by Gasteiger charge is 2.18. The molecule has 0 unspecified atom stereocenters. The second kappa shape index (κ2) is 5.80. The monoisotopic (exact) mass is 384 g/mol. The van der Waals surface area contributed by atoms with Crippen molar-refractivity contribution < 1.29 is 8.42 Å². The summed E-state index contributed by atoms with van der Waals surface area (Å²) in [7, 11) is -3.54. The molecule has 104 valence electrons. The summed E-state index contributed by atoms with van der Waals surface area (Å²) < 4.78 is 28.7. The van der Waals surface area contributed by atoms with Crippen molar-refractivity contribution in [3.8, 4) is 0 Å². The van der Waals surface area contributed by atoms with Gasteiger partial charge in [-0.2, -0.15) is 5.10 Å². The highest BCUT2D eigenvalue weighted by molar-refractivity contribution is 9.11. The lowest BCUT2D eigenvalue weighted by Crippen LogP contribution is -2.26. The molecule has 2 aromatic heterocycles. The van der Waals surface area contributed by atoms with E-state index in [-0.39, 0.29) is 10.8 Å². The Balaban J connectivity index is 1.98. The molecular formula is C9H10BrClN4O2S2. The summed E-state index contributed by atoms with van der Waals surface area (Å²) in [4.78, 5) is 0. The van der Waals surface area contributed by atoms with Gasteiger partial charge >= 0.3 is 0 Å². The minimum absolute atomic E-state index is 0.171. The summed E-state index contributed by atoms with van der Waals surface area (Å²) in [5, 5.41) is 4.34. The van der Waals surface area contributed by atoms with Crippen LogP contribution in [0.1, 0.15) is 0 Å². The van der Waals surface area contributed by atoms with Crippen LogP contribution in [0.2, 0.25) is 5.02 Å². The number of rotatable bonds is 5. The van der Waals surface area contributed by atoms with Crippen molar-refractivity contribution in [2.45, 2.75) is 10.8 Å². The van der Waals surface area contributed by atoms with Crippen molar-refractivity contribution in [2.24, 2.45) is 0 Å². The molecular weight excluding hydrogens is 376 g/mol. The van der Waals surface area contributed by atoms with Crippen LogP contribution >= 0.6 is 38.9 Å². The molecule has 2 heterocycles. The van der Waals surface area contributed by atoms with Gasteiger partial charge in [0.1, 0.15) is 4.21 Å². The fraction of sp³-hybridized carbons (Fsp3) is 0.222. The van der Waals surface area contributed by atoms with Gasteiger partial charge in [0.05, 0.1) is 27.2 Å². The molecule has 0 aliphatic heterocycles. The summed E-state index contributed by atoms with van der Waals surface area (Å²) in [5.74, 6) is 0. The summed E-state index contributed by atoms with van der Waals surface area (Å²) in [6.45, 7) is 0.618. The van der Waals surface area contributed by atoms with Crippen LogP contribution in [0.25, 0.3) is 0 Å². The van der Waals surface area contributed by atoms with E-state index in [0.29, 0.717) is 21.0 Å². The van der Waals surface area contributed by atoms with Crippen molar-refractivity contribution >= 4 is 54.6 Å². The van der Waals surface area contributed by atoms with Gasteiger partial charge in [-0.3, -0.25) is 4.68 Å². The molecule has 0 saturated heterocycles. The molecule has 19 heavy (non-hydrogen) atoms. The Morgan fingerprint density at radius 2 is 2.32 bits per heavy atom. The van der Waals surface area contributed by atoms with Gasteiger partial charge in [-0.05, 0) is 22.0 Å². The number of anilines is 1. The van der Waals surface area contributed by atoms with Gasteiger partial charge in [-0.1, -0.05) is 11.6 Å². The predicted octanol–water partition coefficient (Wildman–Crippen LogP) is 1.92. The zero-order valence-corrected chi connectivity index (χ0v) is 13.5. The number of thiophene rings is 1. The van der Waals surface area contributed by atoms with Gasteiger partial charge < -0.3 is 5.73 Å². The predicted molar refractivity (Wildman–Crippen MR) is 78.9 cm³/mol. The number of aromatic nitrogens is 2. The molecule has 2 rings (SSSR count). The molecule has 10 heteroatoms. The lowest BCUT2D eigenvalue weighted by molar-refractivity contribution is 0.562. The molecule has 0 atom stereocenters. The number of hydrogen-bond donors (Lipinski definition) is 2. The number of nitrogens with two attached hydrogens (primary N) is 1. The van der Waals surface area contributed by atoms with Crippen LogP contribution in [-0.2, 0) is 16.6 Å². The topological polar surface area (TPSA) is 90.0 Å². The fourth-order valence-corrected chi connectivity index (χ4v) is 4.79. The van der Waals surface area contributed by atoms with E-state index in [0.717, 1.165) is 11.3 Å². The van der Waals surface area contributed by atoms with Gasteiger partial charge in [0.25, 0.3) is 0 Å². The van der Waals surface area contributed by atoms with E-state index in [1.807, 2.05) is 0 Å². The molecule has 0 aromatic carbocycles. The lowest BCUT2D eigenvalue weighted by atomic mass is 10.6. The summed E-state index contributed by atoms with van der Waals surface area (Å²) in [6.07, 6.45) is 3.14. The van der Waals surface area contributed by atoms with Crippen molar-refractivity contribution in [1.82, 2.24) is 14.5 Å². The van der Waals surface area contributed by atoms with Crippen molar-refractivity contribution in [3.63, 3.8) is 0 Å². The summed E-state index contributed by atoms with van der Waals surface area (Å²) in [6, 6.07) is 1.41. The molecule has 0 bridgehead atoms. The normalized spacial score (nSPS) is 11.9. The molecule has 0 fully saturated rings. The molecule has 2 aromatic rings. The molecule has 0 saturated carbocycles. The van der Waals surface area contributed by atoms with E-state index in [1.165, 1.54) is 12.3 Å². The molecule has 0 aliphatic carbocycles. The van der Waals surface area contributed by atoms with Crippen LogP contribution in [0, 0.1) is 0 Å². The largest absolute Gasteiger partial charge is 0.396 e. The fourth-order valence-electron chi connectivity index (χ4n) is 1.33. The van der Waals surface area contributed by atoms with Crippen molar-refractivity contribution in [3.05, 3.63) is 27.3 Å². The zero-order valence-electron chi connectivity index (χ0n) is 9.51. The van der Waals surface area contributed by atoms with E-state index in [2.05, 4.69) is 25.8 Å². The first-order valence-corrected chi connectivity index (χ1v) is 8.58. The van der Waals surface area contributed by atoms with Gasteiger partial charge in [-0.15, -0.1) is 11.3 Å². The first-order valence-electron chi connectivity index (χ1n) is 5.11. The molecule has 0 aliphatic rings. The van der Waals surface area contributed by atoms with Gasteiger partial charge in [0.2, 0.25) is 10.0 Å². The lowest BCUT2D eigenvalue weighted by Gasteiger charge is -2.04. The maximum Gasteiger partial charge on any atom is 0.250 e. The van der Waals surface area contributed by atoms with Crippen LogP contribution in [0.15, 0.2) is 26.5 Å². The number of nitrogens with zero attached hydrogens (tertiary/aromatic N) is 2. The van der Waals surface area contributed by atoms with E-state index in [9.17, 15) is 8.42 Å². The molecule has 0 radical (unpaired) electrons. The minimum Gasteiger partial charge on any atom is -0.396 e. The third-order valence-corrected chi connectivity index (χ3v) is 6.58. The third kappa shape index (κ3) is 3.69. The van der Waals surface area contributed by atoms with Crippen molar-refractivity contribution in [1.29, 1.82) is 0 Å².